The largest absolute Gasteiger partial charge is 0.347 e. The first-order chi connectivity index (χ1) is 14.5. The van der Waals surface area contributed by atoms with Crippen molar-refractivity contribution in [3.8, 4) is 0 Å². The Kier molecular flexibility index (Phi) is 6.01. The Balaban J connectivity index is 1.30. The first kappa shape index (κ1) is 20.4. The predicted octanol–water partition coefficient (Wildman–Crippen LogP) is 1.33. The molecule has 4 rings (SSSR count). The van der Waals surface area contributed by atoms with Gasteiger partial charge in [0, 0.05) is 68.7 Å². The summed E-state index contributed by atoms with van der Waals surface area (Å²) in [5, 5.41) is 16.4. The van der Waals surface area contributed by atoms with Gasteiger partial charge in [0.1, 0.15) is 0 Å². The molecule has 3 amide bonds. The number of anilines is 1. The molecule has 2 aliphatic rings. The molecule has 0 radical (unpaired) electrons. The molecule has 0 aliphatic carbocycles. The van der Waals surface area contributed by atoms with Crippen molar-refractivity contribution in [2.75, 3.05) is 45.1 Å². The van der Waals surface area contributed by atoms with E-state index < -0.39 is 0 Å². The van der Waals surface area contributed by atoms with Gasteiger partial charge in [-0.3, -0.25) is 9.89 Å². The topological polar surface area (TPSA) is 105 Å². The van der Waals surface area contributed by atoms with Gasteiger partial charge in [0.25, 0.3) is 5.91 Å². The molecule has 1 unspecified atom stereocenters. The van der Waals surface area contributed by atoms with Crippen molar-refractivity contribution < 1.29 is 9.59 Å². The summed E-state index contributed by atoms with van der Waals surface area (Å²) >= 11 is 0. The average molecular weight is 412 g/mol. The van der Waals surface area contributed by atoms with E-state index in [0.29, 0.717) is 24.7 Å². The number of nitrogens with one attached hydrogen (secondary N) is 4. The van der Waals surface area contributed by atoms with Crippen LogP contribution in [-0.2, 0) is 13.1 Å². The van der Waals surface area contributed by atoms with Crippen LogP contribution in [-0.4, -0.2) is 71.7 Å². The van der Waals surface area contributed by atoms with E-state index in [-0.39, 0.29) is 11.9 Å². The standard InChI is InChI=1S/C21H29N7O2/c1-14-11-22-13-17-18(14)25-26-19(17)20(29)23-12-15-3-5-16(6-4-15)24-21(30)28-9-7-27(2)8-10-28/h3-6,14,22H,7-13H2,1-2H3,(H,23,29)(H,24,30)(H,25,26). The second kappa shape index (κ2) is 8.85. The number of rotatable bonds is 4. The molecule has 30 heavy (non-hydrogen) atoms. The molecule has 1 aromatic heterocycles. The van der Waals surface area contributed by atoms with Crippen LogP contribution < -0.4 is 16.0 Å². The number of likely N-dealkylation sites (N-methyl/N-ethyl adjacent to an activating group) is 1. The monoisotopic (exact) mass is 411 g/mol. The lowest BCUT2D eigenvalue weighted by Crippen LogP contribution is -2.48. The van der Waals surface area contributed by atoms with E-state index >= 15 is 0 Å². The highest BCUT2D eigenvalue weighted by Gasteiger charge is 2.25. The Bertz CT molecular complexity index is 901. The lowest BCUT2D eigenvalue weighted by Gasteiger charge is -2.32. The highest BCUT2D eigenvalue weighted by atomic mass is 16.2. The maximum atomic E-state index is 12.6. The van der Waals surface area contributed by atoms with Gasteiger partial charge in [0.05, 0.1) is 0 Å². The first-order valence-corrected chi connectivity index (χ1v) is 10.4. The molecule has 9 nitrogen and oxygen atoms in total. The second-order valence-electron chi connectivity index (χ2n) is 8.10. The van der Waals surface area contributed by atoms with E-state index in [0.717, 1.165) is 55.2 Å². The number of fused-ring (bicyclic) bond motifs is 1. The summed E-state index contributed by atoms with van der Waals surface area (Å²) in [5.74, 6) is 0.132. The SMILES string of the molecule is CC1CNCc2c(C(=O)NCc3ccc(NC(=O)N4CCN(C)CC4)cc3)n[nH]c21. The zero-order valence-electron chi connectivity index (χ0n) is 17.5. The van der Waals surface area contributed by atoms with Crippen molar-refractivity contribution in [2.45, 2.75) is 25.9 Å². The molecule has 2 aliphatic heterocycles. The fourth-order valence-electron chi connectivity index (χ4n) is 3.85. The maximum Gasteiger partial charge on any atom is 0.321 e. The Morgan fingerprint density at radius 3 is 2.63 bits per heavy atom. The molecule has 1 saturated heterocycles. The Hall–Kier alpha value is -2.91. The summed E-state index contributed by atoms with van der Waals surface area (Å²) in [6.45, 7) is 7.29. The van der Waals surface area contributed by atoms with E-state index in [9.17, 15) is 9.59 Å². The van der Waals surface area contributed by atoms with Gasteiger partial charge in [0.15, 0.2) is 5.69 Å². The van der Waals surface area contributed by atoms with Crippen LogP contribution in [0.25, 0.3) is 0 Å². The fourth-order valence-corrected chi connectivity index (χ4v) is 3.85. The van der Waals surface area contributed by atoms with E-state index in [4.69, 9.17) is 0 Å². The van der Waals surface area contributed by atoms with Crippen LogP contribution in [0.5, 0.6) is 0 Å². The average Bonchev–Trinajstić information content (AvgIpc) is 3.19. The maximum absolute atomic E-state index is 12.6. The number of hydrogen-bond acceptors (Lipinski definition) is 5. The number of hydrogen-bond donors (Lipinski definition) is 4. The molecule has 2 aromatic rings. The fraction of sp³-hybridized carbons (Fsp3) is 0.476. The van der Waals surface area contributed by atoms with Gasteiger partial charge in [-0.05, 0) is 24.7 Å². The third-order valence-corrected chi connectivity index (χ3v) is 5.81. The quantitative estimate of drug-likeness (QED) is 0.607. The molecule has 1 atom stereocenters. The number of amides is 3. The lowest BCUT2D eigenvalue weighted by molar-refractivity contribution is 0.0944. The van der Waals surface area contributed by atoms with Crippen LogP contribution in [0.1, 0.15) is 40.2 Å². The summed E-state index contributed by atoms with van der Waals surface area (Å²) in [4.78, 5) is 29.0. The number of aromatic amines is 1. The number of H-pyrrole nitrogens is 1. The zero-order valence-corrected chi connectivity index (χ0v) is 17.5. The molecule has 1 aromatic carbocycles. The van der Waals surface area contributed by atoms with Crippen molar-refractivity contribution in [3.05, 3.63) is 46.8 Å². The van der Waals surface area contributed by atoms with Crippen molar-refractivity contribution >= 4 is 17.6 Å². The second-order valence-corrected chi connectivity index (χ2v) is 8.10. The summed E-state index contributed by atoms with van der Waals surface area (Å²) in [6.07, 6.45) is 0. The minimum Gasteiger partial charge on any atom is -0.347 e. The van der Waals surface area contributed by atoms with Crippen molar-refractivity contribution in [3.63, 3.8) is 0 Å². The van der Waals surface area contributed by atoms with Crippen molar-refractivity contribution in [1.82, 2.24) is 30.6 Å². The van der Waals surface area contributed by atoms with Gasteiger partial charge in [-0.25, -0.2) is 4.79 Å². The molecular weight excluding hydrogens is 382 g/mol. The molecule has 160 valence electrons. The summed E-state index contributed by atoms with van der Waals surface area (Å²) in [5.41, 5.74) is 4.15. The Morgan fingerprint density at radius 2 is 1.90 bits per heavy atom. The van der Waals surface area contributed by atoms with Gasteiger partial charge < -0.3 is 25.8 Å². The normalized spacial score (nSPS) is 19.3. The molecule has 0 bridgehead atoms. The van der Waals surface area contributed by atoms with E-state index in [1.165, 1.54) is 0 Å². The van der Waals surface area contributed by atoms with Gasteiger partial charge >= 0.3 is 6.03 Å². The molecular formula is C21H29N7O2. The lowest BCUT2D eigenvalue weighted by atomic mass is 9.98. The number of carbonyl (C=O) groups excluding carboxylic acids is 2. The number of carbonyl (C=O) groups is 2. The Morgan fingerprint density at radius 1 is 1.17 bits per heavy atom. The molecule has 9 heteroatoms. The third kappa shape index (κ3) is 4.47. The number of piperazine rings is 1. The minimum atomic E-state index is -0.184. The third-order valence-electron chi connectivity index (χ3n) is 5.81. The zero-order chi connectivity index (χ0) is 21.1. The number of urea groups is 1. The molecule has 0 spiro atoms. The summed E-state index contributed by atoms with van der Waals surface area (Å²) in [7, 11) is 2.06. The van der Waals surface area contributed by atoms with Crippen molar-refractivity contribution in [2.24, 2.45) is 0 Å². The van der Waals surface area contributed by atoms with E-state index in [2.05, 4.69) is 45.0 Å². The molecule has 1 fully saturated rings. The highest BCUT2D eigenvalue weighted by molar-refractivity contribution is 5.94. The minimum absolute atomic E-state index is 0.0738. The van der Waals surface area contributed by atoms with E-state index in [1.807, 2.05) is 29.2 Å². The molecule has 3 heterocycles. The van der Waals surface area contributed by atoms with Crippen LogP contribution in [0.15, 0.2) is 24.3 Å². The summed E-state index contributed by atoms with van der Waals surface area (Å²) < 4.78 is 0. The smallest absolute Gasteiger partial charge is 0.321 e. The van der Waals surface area contributed by atoms with E-state index in [1.54, 1.807) is 0 Å². The molecule has 0 saturated carbocycles. The van der Waals surface area contributed by atoms with Crippen LogP contribution in [0.4, 0.5) is 10.5 Å². The van der Waals surface area contributed by atoms with Crippen LogP contribution in [0.3, 0.4) is 0 Å². The predicted molar refractivity (Wildman–Crippen MR) is 114 cm³/mol. The number of aromatic nitrogens is 2. The highest BCUT2D eigenvalue weighted by Crippen LogP contribution is 2.23. The van der Waals surface area contributed by atoms with Gasteiger partial charge in [-0.1, -0.05) is 19.1 Å². The van der Waals surface area contributed by atoms with Gasteiger partial charge in [0.2, 0.25) is 0 Å². The van der Waals surface area contributed by atoms with Gasteiger partial charge in [-0.15, -0.1) is 0 Å². The number of nitrogens with zero attached hydrogens (tertiary/aromatic N) is 3. The first-order valence-electron chi connectivity index (χ1n) is 10.4. The van der Waals surface area contributed by atoms with Gasteiger partial charge in [-0.2, -0.15) is 5.10 Å². The summed E-state index contributed by atoms with van der Waals surface area (Å²) in [6, 6.07) is 7.46. The van der Waals surface area contributed by atoms with Crippen LogP contribution in [0.2, 0.25) is 0 Å². The van der Waals surface area contributed by atoms with Crippen molar-refractivity contribution in [1.29, 1.82) is 0 Å². The Labute approximate surface area is 176 Å². The van der Waals surface area contributed by atoms with Crippen LogP contribution >= 0.6 is 0 Å². The number of benzene rings is 1. The van der Waals surface area contributed by atoms with Crippen LogP contribution in [0, 0.1) is 0 Å². The molecule has 4 N–H and O–H groups in total.